The van der Waals surface area contributed by atoms with Gasteiger partial charge in [-0.2, -0.15) is 0 Å². The van der Waals surface area contributed by atoms with Crippen molar-refractivity contribution >= 4 is 31.4 Å². The molecule has 3 rings (SSSR count). The Balaban J connectivity index is 1.90. The molecule has 1 saturated heterocycles. The Morgan fingerprint density at radius 3 is 2.89 bits per heavy atom. The Kier molecular flexibility index (Phi) is 2.78. The van der Waals surface area contributed by atoms with E-state index in [1.54, 1.807) is 6.07 Å². The smallest absolute Gasteiger partial charge is 0.247 e. The molecule has 0 aliphatic carbocycles. The number of thiophene rings is 1. The second-order valence-corrected chi connectivity index (χ2v) is 6.95. The number of epoxide rings is 1. The first kappa shape index (κ1) is 11.9. The molecule has 1 aromatic carbocycles. The molecule has 1 aliphatic rings. The predicted molar refractivity (Wildman–Crippen MR) is 68.4 cm³/mol. The summed E-state index contributed by atoms with van der Waals surface area (Å²) in [5, 5.41) is 5.95. The Hall–Kier alpha value is -1.15. The van der Waals surface area contributed by atoms with Crippen LogP contribution in [0, 0.1) is 0 Å². The van der Waals surface area contributed by atoms with Crippen LogP contribution in [0.15, 0.2) is 28.5 Å². The van der Waals surface area contributed by atoms with E-state index in [1.165, 1.54) is 0 Å². The average molecular weight is 285 g/mol. The molecule has 0 saturated carbocycles. The number of benzene rings is 1. The number of primary sulfonamides is 1. The standard InChI is InChI=1S/C11H11NO4S2/c12-18(13,14)11-3-7-1-2-8(4-10(7)17-11)15-5-9-6-16-9/h1-4,9H,5-6H2,(H2,12,13,14). The third-order valence-corrected chi connectivity index (χ3v) is 5.11. The third-order valence-electron chi connectivity index (χ3n) is 2.59. The normalized spacial score (nSPS) is 19.1. The summed E-state index contributed by atoms with van der Waals surface area (Å²) in [4.78, 5) is 0. The Morgan fingerprint density at radius 1 is 1.44 bits per heavy atom. The topological polar surface area (TPSA) is 81.9 Å². The maximum atomic E-state index is 11.3. The number of rotatable bonds is 4. The Morgan fingerprint density at radius 2 is 2.22 bits per heavy atom. The molecule has 5 nitrogen and oxygen atoms in total. The fourth-order valence-electron chi connectivity index (χ4n) is 1.57. The second kappa shape index (κ2) is 4.20. The average Bonchev–Trinajstić information content (AvgIpc) is 3.02. The van der Waals surface area contributed by atoms with Gasteiger partial charge in [-0.05, 0) is 29.7 Å². The van der Waals surface area contributed by atoms with Gasteiger partial charge < -0.3 is 9.47 Å². The highest BCUT2D eigenvalue weighted by Crippen LogP contribution is 2.31. The summed E-state index contributed by atoms with van der Waals surface area (Å²) in [5.41, 5.74) is 0. The lowest BCUT2D eigenvalue weighted by Gasteiger charge is -2.03. The summed E-state index contributed by atoms with van der Waals surface area (Å²) in [6, 6.07) is 7.02. The van der Waals surface area contributed by atoms with Crippen molar-refractivity contribution in [1.29, 1.82) is 0 Å². The molecule has 7 heteroatoms. The molecule has 96 valence electrons. The van der Waals surface area contributed by atoms with Gasteiger partial charge in [0.1, 0.15) is 22.7 Å². The highest BCUT2D eigenvalue weighted by molar-refractivity contribution is 7.91. The van der Waals surface area contributed by atoms with Crippen LogP contribution in [0.25, 0.3) is 10.1 Å². The molecule has 0 bridgehead atoms. The van der Waals surface area contributed by atoms with E-state index in [0.717, 1.165) is 28.0 Å². The molecule has 2 heterocycles. The molecular formula is C11H11NO4S2. The maximum absolute atomic E-state index is 11.3. The minimum atomic E-state index is -3.64. The first-order valence-electron chi connectivity index (χ1n) is 5.33. The van der Waals surface area contributed by atoms with E-state index in [0.29, 0.717) is 12.4 Å². The summed E-state index contributed by atoms with van der Waals surface area (Å²) in [7, 11) is -3.64. The minimum absolute atomic E-state index is 0.167. The lowest BCUT2D eigenvalue weighted by atomic mass is 10.2. The zero-order valence-corrected chi connectivity index (χ0v) is 11.0. The summed E-state index contributed by atoms with van der Waals surface area (Å²) < 4.78 is 34.1. The largest absolute Gasteiger partial charge is 0.491 e. The van der Waals surface area contributed by atoms with Crippen molar-refractivity contribution in [2.45, 2.75) is 10.3 Å². The van der Waals surface area contributed by atoms with Gasteiger partial charge in [-0.3, -0.25) is 0 Å². The van der Waals surface area contributed by atoms with Crippen LogP contribution in [0.3, 0.4) is 0 Å². The first-order chi connectivity index (χ1) is 8.52. The lowest BCUT2D eigenvalue weighted by molar-refractivity contribution is 0.263. The molecule has 2 N–H and O–H groups in total. The van der Waals surface area contributed by atoms with Crippen LogP contribution < -0.4 is 9.88 Å². The molecule has 18 heavy (non-hydrogen) atoms. The van der Waals surface area contributed by atoms with Crippen molar-refractivity contribution in [3.63, 3.8) is 0 Å². The molecule has 2 aromatic rings. The van der Waals surface area contributed by atoms with Gasteiger partial charge in [0, 0.05) is 4.70 Å². The number of nitrogens with two attached hydrogens (primary N) is 1. The summed E-state index contributed by atoms with van der Waals surface area (Å²) in [6.07, 6.45) is 0.198. The van der Waals surface area contributed by atoms with Crippen molar-refractivity contribution in [3.8, 4) is 5.75 Å². The monoisotopic (exact) mass is 285 g/mol. The molecular weight excluding hydrogens is 274 g/mol. The van der Waals surface area contributed by atoms with Crippen molar-refractivity contribution in [1.82, 2.24) is 0 Å². The van der Waals surface area contributed by atoms with E-state index in [2.05, 4.69) is 0 Å². The fraction of sp³-hybridized carbons (Fsp3) is 0.273. The van der Waals surface area contributed by atoms with E-state index in [4.69, 9.17) is 14.6 Å². The zero-order chi connectivity index (χ0) is 12.8. The number of sulfonamides is 1. The maximum Gasteiger partial charge on any atom is 0.247 e. The molecule has 1 atom stereocenters. The third kappa shape index (κ3) is 2.49. The van der Waals surface area contributed by atoms with Gasteiger partial charge in [-0.25, -0.2) is 13.6 Å². The molecule has 1 aromatic heterocycles. The molecule has 1 aliphatic heterocycles. The van der Waals surface area contributed by atoms with Gasteiger partial charge in [-0.1, -0.05) is 0 Å². The molecule has 0 radical (unpaired) electrons. The van der Waals surface area contributed by atoms with Crippen LogP contribution in [0.2, 0.25) is 0 Å². The van der Waals surface area contributed by atoms with Crippen LogP contribution in [0.4, 0.5) is 0 Å². The van der Waals surface area contributed by atoms with Gasteiger partial charge >= 0.3 is 0 Å². The van der Waals surface area contributed by atoms with Crippen molar-refractivity contribution < 1.29 is 17.9 Å². The fourth-order valence-corrected chi connectivity index (χ4v) is 3.42. The van der Waals surface area contributed by atoms with E-state index < -0.39 is 10.0 Å². The number of hydrogen-bond donors (Lipinski definition) is 1. The van der Waals surface area contributed by atoms with Gasteiger partial charge in [0.05, 0.1) is 6.61 Å². The Bertz CT molecular complexity index is 688. The van der Waals surface area contributed by atoms with Crippen LogP contribution in [-0.4, -0.2) is 27.7 Å². The molecule has 0 amide bonds. The van der Waals surface area contributed by atoms with Crippen molar-refractivity contribution in [2.75, 3.05) is 13.2 Å². The van der Waals surface area contributed by atoms with Gasteiger partial charge in [0.25, 0.3) is 0 Å². The van der Waals surface area contributed by atoms with Gasteiger partial charge in [-0.15, -0.1) is 11.3 Å². The van der Waals surface area contributed by atoms with Crippen LogP contribution >= 0.6 is 11.3 Å². The first-order valence-corrected chi connectivity index (χ1v) is 7.69. The molecule has 1 unspecified atom stereocenters. The molecule has 0 spiro atoms. The van der Waals surface area contributed by atoms with Crippen molar-refractivity contribution in [3.05, 3.63) is 24.3 Å². The summed E-state index contributed by atoms with van der Waals surface area (Å²) >= 11 is 1.14. The van der Waals surface area contributed by atoms with E-state index >= 15 is 0 Å². The quantitative estimate of drug-likeness (QED) is 0.859. The highest BCUT2D eigenvalue weighted by Gasteiger charge is 2.23. The number of hydrogen-bond acceptors (Lipinski definition) is 5. The van der Waals surface area contributed by atoms with Crippen molar-refractivity contribution in [2.24, 2.45) is 5.14 Å². The van der Waals surface area contributed by atoms with E-state index in [9.17, 15) is 8.42 Å². The SMILES string of the molecule is NS(=O)(=O)c1cc2ccc(OCC3CO3)cc2s1. The minimum Gasteiger partial charge on any atom is -0.491 e. The van der Waals surface area contributed by atoms with E-state index in [-0.39, 0.29) is 10.3 Å². The van der Waals surface area contributed by atoms with Gasteiger partial charge in [0.2, 0.25) is 10.0 Å². The predicted octanol–water partition coefficient (Wildman–Crippen LogP) is 1.33. The van der Waals surface area contributed by atoms with Crippen LogP contribution in [0.5, 0.6) is 5.75 Å². The Labute approximate surface area is 108 Å². The summed E-state index contributed by atoms with van der Waals surface area (Å²) in [5.74, 6) is 0.709. The van der Waals surface area contributed by atoms with Crippen LogP contribution in [0.1, 0.15) is 0 Å². The number of fused-ring (bicyclic) bond motifs is 1. The zero-order valence-electron chi connectivity index (χ0n) is 9.33. The lowest BCUT2D eigenvalue weighted by Crippen LogP contribution is -2.09. The second-order valence-electron chi connectivity index (χ2n) is 4.08. The van der Waals surface area contributed by atoms with Gasteiger partial charge in [0.15, 0.2) is 0 Å². The van der Waals surface area contributed by atoms with E-state index in [1.807, 2.05) is 18.2 Å². The highest BCUT2D eigenvalue weighted by atomic mass is 32.2. The molecule has 1 fully saturated rings. The number of ether oxygens (including phenoxy) is 2. The summed E-state index contributed by atoms with van der Waals surface area (Å²) in [6.45, 7) is 1.27. The van der Waals surface area contributed by atoms with Crippen LogP contribution in [-0.2, 0) is 14.8 Å².